The molecule has 1 unspecified atom stereocenters. The average Bonchev–Trinajstić information content (AvgIpc) is 2.49. The number of carbonyl (C=O) groups excluding carboxylic acids is 1. The minimum atomic E-state index is -4.52. The monoisotopic (exact) mass is 346 g/mol. The lowest BCUT2D eigenvalue weighted by molar-refractivity contribution is -0.162. The fourth-order valence-electron chi connectivity index (χ4n) is 2.51. The van der Waals surface area contributed by atoms with Crippen LogP contribution in [0.3, 0.4) is 0 Å². The number of hydrogen-bond acceptors (Lipinski definition) is 3. The van der Waals surface area contributed by atoms with E-state index in [1.54, 1.807) is 18.2 Å². The Kier molecular flexibility index (Phi) is 5.37. The van der Waals surface area contributed by atoms with Crippen LogP contribution in [0.2, 0.25) is 5.02 Å². The van der Waals surface area contributed by atoms with Crippen LogP contribution >= 0.6 is 11.6 Å². The van der Waals surface area contributed by atoms with Crippen LogP contribution in [0, 0.1) is 11.3 Å². The summed E-state index contributed by atoms with van der Waals surface area (Å²) >= 11 is 5.91. The normalized spacial score (nSPS) is 16.9. The van der Waals surface area contributed by atoms with E-state index in [1.807, 2.05) is 0 Å². The summed E-state index contributed by atoms with van der Waals surface area (Å²) in [7, 11) is 0. The Bertz CT molecular complexity index is 628. The van der Waals surface area contributed by atoms with E-state index >= 15 is 0 Å². The van der Waals surface area contributed by atoms with Crippen molar-refractivity contribution < 1.29 is 22.7 Å². The first-order valence-electron chi connectivity index (χ1n) is 6.96. The fraction of sp³-hybridized carbons (Fsp3) is 0.467. The summed E-state index contributed by atoms with van der Waals surface area (Å²) in [5.74, 6) is -0.964. The topological polar surface area (TPSA) is 53.3 Å². The van der Waals surface area contributed by atoms with Crippen LogP contribution < -0.4 is 4.74 Å². The van der Waals surface area contributed by atoms with Gasteiger partial charge in [0.15, 0.2) is 0 Å². The molecule has 124 valence electrons. The van der Waals surface area contributed by atoms with E-state index in [0.29, 0.717) is 21.2 Å². The van der Waals surface area contributed by atoms with E-state index < -0.39 is 24.5 Å². The predicted molar refractivity (Wildman–Crippen MR) is 77.2 cm³/mol. The van der Waals surface area contributed by atoms with Gasteiger partial charge < -0.3 is 9.64 Å². The second-order valence-corrected chi connectivity index (χ2v) is 5.59. The van der Waals surface area contributed by atoms with Gasteiger partial charge in [-0.1, -0.05) is 11.6 Å². The lowest BCUT2D eigenvalue weighted by Crippen LogP contribution is -2.43. The third-order valence-electron chi connectivity index (χ3n) is 3.48. The van der Waals surface area contributed by atoms with Gasteiger partial charge in [0.1, 0.15) is 12.3 Å². The minimum Gasteiger partial charge on any atom is -0.493 e. The molecule has 1 aromatic carbocycles. The van der Waals surface area contributed by atoms with Gasteiger partial charge in [0.25, 0.3) is 0 Å². The highest BCUT2D eigenvalue weighted by Gasteiger charge is 2.37. The van der Waals surface area contributed by atoms with Crippen molar-refractivity contribution in [3.05, 3.63) is 28.8 Å². The third kappa shape index (κ3) is 4.52. The van der Waals surface area contributed by atoms with Gasteiger partial charge in [0.2, 0.25) is 5.91 Å². The maximum Gasteiger partial charge on any atom is 0.406 e. The number of hydrogen-bond donors (Lipinski definition) is 0. The number of halogens is 4. The van der Waals surface area contributed by atoms with Crippen LogP contribution in [0.25, 0.3) is 0 Å². The lowest BCUT2D eigenvalue weighted by atomic mass is 9.91. The Morgan fingerprint density at radius 1 is 1.48 bits per heavy atom. The van der Waals surface area contributed by atoms with E-state index in [4.69, 9.17) is 21.6 Å². The molecule has 4 nitrogen and oxygen atoms in total. The summed E-state index contributed by atoms with van der Waals surface area (Å²) in [6, 6.07) is 6.49. The molecule has 1 aromatic rings. The largest absolute Gasteiger partial charge is 0.493 e. The summed E-state index contributed by atoms with van der Waals surface area (Å²) < 4.78 is 43.5. The highest BCUT2D eigenvalue weighted by molar-refractivity contribution is 6.30. The molecule has 0 saturated carbocycles. The third-order valence-corrected chi connectivity index (χ3v) is 3.72. The second-order valence-electron chi connectivity index (χ2n) is 5.15. The van der Waals surface area contributed by atoms with Crippen LogP contribution in [0.5, 0.6) is 5.75 Å². The zero-order valence-electron chi connectivity index (χ0n) is 12.1. The van der Waals surface area contributed by atoms with Gasteiger partial charge in [-0.15, -0.1) is 0 Å². The lowest BCUT2D eigenvalue weighted by Gasteiger charge is -2.31. The molecule has 0 radical (unpaired) electrons. The Morgan fingerprint density at radius 2 is 2.22 bits per heavy atom. The van der Waals surface area contributed by atoms with Crippen molar-refractivity contribution in [3.8, 4) is 11.8 Å². The first-order chi connectivity index (χ1) is 10.8. The van der Waals surface area contributed by atoms with Crippen LogP contribution in [0.4, 0.5) is 13.2 Å². The van der Waals surface area contributed by atoms with Gasteiger partial charge in [-0.05, 0) is 24.6 Å². The zero-order valence-corrected chi connectivity index (χ0v) is 12.8. The highest BCUT2D eigenvalue weighted by atomic mass is 35.5. The number of nitrogens with zero attached hydrogens (tertiary/aromatic N) is 2. The predicted octanol–water partition coefficient (Wildman–Crippen LogP) is 3.51. The van der Waals surface area contributed by atoms with Crippen molar-refractivity contribution in [1.29, 1.82) is 5.26 Å². The number of ether oxygens (including phenoxy) is 1. The number of alkyl halides is 3. The maximum atomic E-state index is 12.7. The Labute approximate surface area is 136 Å². The second kappa shape index (κ2) is 7.09. The molecule has 1 amide bonds. The summed E-state index contributed by atoms with van der Waals surface area (Å²) in [6.45, 7) is -1.40. The molecule has 8 heteroatoms. The van der Waals surface area contributed by atoms with E-state index in [1.165, 1.54) is 6.07 Å². The summed E-state index contributed by atoms with van der Waals surface area (Å²) in [5, 5.41) is 8.97. The standard InChI is InChI=1S/C15H14ClF3N2O2/c16-10-2-3-13-12(8-10)11(4-7-23-13)14(22)21(6-1-5-20)9-15(17,18)19/h2-3,8,11H,1,4,6-7,9H2. The number of amides is 1. The summed E-state index contributed by atoms with van der Waals surface area (Å²) in [4.78, 5) is 13.3. The van der Waals surface area contributed by atoms with Gasteiger partial charge in [-0.25, -0.2) is 0 Å². The van der Waals surface area contributed by atoms with Crippen LogP contribution in [0.1, 0.15) is 24.3 Å². The molecule has 1 heterocycles. The first kappa shape index (κ1) is 17.4. The summed E-state index contributed by atoms with van der Waals surface area (Å²) in [5.41, 5.74) is 0.484. The SMILES string of the molecule is N#CCCN(CC(F)(F)F)C(=O)C1CCOc2ccc(Cl)cc21. The van der Waals surface area contributed by atoms with Crippen molar-refractivity contribution in [1.82, 2.24) is 4.90 Å². The number of carbonyl (C=O) groups is 1. The van der Waals surface area contributed by atoms with Crippen molar-refractivity contribution in [2.75, 3.05) is 19.7 Å². The molecule has 23 heavy (non-hydrogen) atoms. The molecule has 2 rings (SSSR count). The molecule has 0 aliphatic carbocycles. The van der Waals surface area contributed by atoms with E-state index in [0.717, 1.165) is 0 Å². The summed E-state index contributed by atoms with van der Waals surface area (Å²) in [6.07, 6.45) is -4.41. The molecule has 0 saturated heterocycles. The number of benzene rings is 1. The molecular formula is C15H14ClF3N2O2. The Balaban J connectivity index is 2.27. The Hall–Kier alpha value is -1.94. The molecule has 0 aromatic heterocycles. The molecule has 1 aliphatic heterocycles. The molecule has 0 spiro atoms. The minimum absolute atomic E-state index is 0.159. The van der Waals surface area contributed by atoms with Crippen LogP contribution in [-0.2, 0) is 4.79 Å². The van der Waals surface area contributed by atoms with Gasteiger partial charge >= 0.3 is 6.18 Å². The molecule has 0 fully saturated rings. The van der Waals surface area contributed by atoms with E-state index in [2.05, 4.69) is 0 Å². The Morgan fingerprint density at radius 3 is 2.87 bits per heavy atom. The molecule has 0 bridgehead atoms. The maximum absolute atomic E-state index is 12.7. The van der Waals surface area contributed by atoms with Gasteiger partial charge in [-0.2, -0.15) is 18.4 Å². The van der Waals surface area contributed by atoms with Gasteiger partial charge in [-0.3, -0.25) is 4.79 Å². The van der Waals surface area contributed by atoms with Crippen molar-refractivity contribution in [3.63, 3.8) is 0 Å². The van der Waals surface area contributed by atoms with Crippen molar-refractivity contribution in [2.24, 2.45) is 0 Å². The number of nitriles is 1. The average molecular weight is 347 g/mol. The van der Waals surface area contributed by atoms with Crippen molar-refractivity contribution in [2.45, 2.75) is 24.9 Å². The molecule has 1 atom stereocenters. The van der Waals surface area contributed by atoms with E-state index in [-0.39, 0.29) is 26.0 Å². The van der Waals surface area contributed by atoms with Gasteiger partial charge in [0, 0.05) is 17.1 Å². The van der Waals surface area contributed by atoms with Gasteiger partial charge in [0.05, 0.1) is 25.0 Å². The van der Waals surface area contributed by atoms with Crippen LogP contribution in [0.15, 0.2) is 18.2 Å². The number of rotatable bonds is 4. The highest BCUT2D eigenvalue weighted by Crippen LogP contribution is 2.37. The van der Waals surface area contributed by atoms with E-state index in [9.17, 15) is 18.0 Å². The molecule has 0 N–H and O–H groups in total. The van der Waals surface area contributed by atoms with Crippen LogP contribution in [-0.4, -0.2) is 36.7 Å². The number of fused-ring (bicyclic) bond motifs is 1. The fourth-order valence-corrected chi connectivity index (χ4v) is 2.69. The smallest absolute Gasteiger partial charge is 0.406 e. The molecule has 1 aliphatic rings. The zero-order chi connectivity index (χ0) is 17.0. The molecular weight excluding hydrogens is 333 g/mol. The van der Waals surface area contributed by atoms with Crippen molar-refractivity contribution >= 4 is 17.5 Å². The first-order valence-corrected chi connectivity index (χ1v) is 7.34. The quantitative estimate of drug-likeness (QED) is 0.838.